The van der Waals surface area contributed by atoms with Crippen molar-refractivity contribution in [1.29, 1.82) is 0 Å². The molecule has 1 aromatic rings. The number of hydrogen-bond acceptors (Lipinski definition) is 4. The highest BCUT2D eigenvalue weighted by atomic mass is 16.5. The maximum atomic E-state index is 12.7. The molecular weight excluding hydrogens is 306 g/mol. The van der Waals surface area contributed by atoms with Gasteiger partial charge in [0.1, 0.15) is 6.10 Å². The zero-order valence-electron chi connectivity index (χ0n) is 15.0. The largest absolute Gasteiger partial charge is 0.376 e. The molecule has 0 aromatic carbocycles. The summed E-state index contributed by atoms with van der Waals surface area (Å²) in [5.74, 6) is 0.0826. The van der Waals surface area contributed by atoms with Gasteiger partial charge in [-0.05, 0) is 52.5 Å². The standard InChI is InChI=1S/C18H29N3O3/c1-13-10-14(2)21(19-13)16-6-4-8-20(11-16)18(22)15(3)24-12-17-7-5-9-23-17/h10,15-17H,4-9,11-12H2,1-3H3. The smallest absolute Gasteiger partial charge is 0.251 e. The van der Waals surface area contributed by atoms with Crippen LogP contribution in [0.2, 0.25) is 0 Å². The molecule has 2 fully saturated rings. The molecule has 2 aliphatic heterocycles. The van der Waals surface area contributed by atoms with E-state index in [1.807, 2.05) is 18.7 Å². The first-order valence-electron chi connectivity index (χ1n) is 9.09. The first-order chi connectivity index (χ1) is 11.5. The van der Waals surface area contributed by atoms with Crippen molar-refractivity contribution in [2.24, 2.45) is 0 Å². The summed E-state index contributed by atoms with van der Waals surface area (Å²) in [4.78, 5) is 14.6. The van der Waals surface area contributed by atoms with Gasteiger partial charge in [-0.15, -0.1) is 0 Å². The van der Waals surface area contributed by atoms with Crippen LogP contribution in [0.25, 0.3) is 0 Å². The van der Waals surface area contributed by atoms with Crippen LogP contribution in [0.15, 0.2) is 6.07 Å². The lowest BCUT2D eigenvalue weighted by Crippen LogP contribution is -2.46. The second kappa shape index (κ2) is 7.66. The van der Waals surface area contributed by atoms with Crippen molar-refractivity contribution >= 4 is 5.91 Å². The molecule has 1 aromatic heterocycles. The van der Waals surface area contributed by atoms with Gasteiger partial charge < -0.3 is 14.4 Å². The van der Waals surface area contributed by atoms with Gasteiger partial charge in [0.2, 0.25) is 0 Å². The molecule has 3 heterocycles. The van der Waals surface area contributed by atoms with Crippen molar-refractivity contribution < 1.29 is 14.3 Å². The molecule has 1 amide bonds. The predicted molar refractivity (Wildman–Crippen MR) is 90.9 cm³/mol. The molecule has 0 aliphatic carbocycles. The van der Waals surface area contributed by atoms with Crippen LogP contribution in [0.5, 0.6) is 0 Å². The Morgan fingerprint density at radius 1 is 1.42 bits per heavy atom. The molecule has 0 saturated carbocycles. The van der Waals surface area contributed by atoms with Gasteiger partial charge in [0.05, 0.1) is 24.4 Å². The van der Waals surface area contributed by atoms with Crippen molar-refractivity contribution in [3.05, 3.63) is 17.5 Å². The summed E-state index contributed by atoms with van der Waals surface area (Å²) in [6, 6.07) is 2.36. The van der Waals surface area contributed by atoms with Crippen LogP contribution in [-0.2, 0) is 14.3 Å². The molecule has 134 valence electrons. The van der Waals surface area contributed by atoms with Gasteiger partial charge >= 0.3 is 0 Å². The van der Waals surface area contributed by atoms with Gasteiger partial charge in [0.25, 0.3) is 5.91 Å². The van der Waals surface area contributed by atoms with Crippen LogP contribution in [-0.4, -0.2) is 59.1 Å². The van der Waals surface area contributed by atoms with Crippen LogP contribution in [0, 0.1) is 13.8 Å². The summed E-state index contributed by atoms with van der Waals surface area (Å²) in [7, 11) is 0. The molecule has 0 N–H and O–H groups in total. The third-order valence-corrected chi connectivity index (χ3v) is 5.00. The highest BCUT2D eigenvalue weighted by Crippen LogP contribution is 2.24. The van der Waals surface area contributed by atoms with Gasteiger partial charge in [0.15, 0.2) is 0 Å². The SMILES string of the molecule is Cc1cc(C)n(C2CCCN(C(=O)C(C)OCC3CCCO3)C2)n1. The molecule has 0 radical (unpaired) electrons. The Morgan fingerprint density at radius 2 is 2.25 bits per heavy atom. The average molecular weight is 335 g/mol. The number of carbonyl (C=O) groups is 1. The minimum atomic E-state index is -0.409. The highest BCUT2D eigenvalue weighted by Gasteiger charge is 2.29. The second-order valence-electron chi connectivity index (χ2n) is 7.06. The van der Waals surface area contributed by atoms with E-state index in [0.717, 1.165) is 50.2 Å². The van der Waals surface area contributed by atoms with E-state index in [0.29, 0.717) is 13.2 Å². The molecule has 3 unspecified atom stereocenters. The Labute approximate surface area is 144 Å². The molecule has 2 aliphatic rings. The van der Waals surface area contributed by atoms with E-state index >= 15 is 0 Å². The minimum Gasteiger partial charge on any atom is -0.376 e. The fourth-order valence-corrected chi connectivity index (χ4v) is 3.73. The molecule has 0 spiro atoms. The van der Waals surface area contributed by atoms with Crippen molar-refractivity contribution in [3.63, 3.8) is 0 Å². The molecule has 24 heavy (non-hydrogen) atoms. The number of aromatic nitrogens is 2. The normalized spacial score (nSPS) is 25.9. The number of hydrogen-bond donors (Lipinski definition) is 0. The Morgan fingerprint density at radius 3 is 2.92 bits per heavy atom. The number of piperidine rings is 1. The molecule has 6 nitrogen and oxygen atoms in total. The maximum absolute atomic E-state index is 12.7. The second-order valence-corrected chi connectivity index (χ2v) is 7.06. The summed E-state index contributed by atoms with van der Waals surface area (Å²) in [6.07, 6.45) is 3.94. The summed E-state index contributed by atoms with van der Waals surface area (Å²) in [5.41, 5.74) is 2.19. The Kier molecular flexibility index (Phi) is 5.56. The van der Waals surface area contributed by atoms with Crippen LogP contribution in [0.4, 0.5) is 0 Å². The predicted octanol–water partition coefficient (Wildman–Crippen LogP) is 2.25. The third-order valence-electron chi connectivity index (χ3n) is 5.00. The number of ether oxygens (including phenoxy) is 2. The van der Waals surface area contributed by atoms with E-state index in [9.17, 15) is 4.79 Å². The summed E-state index contributed by atoms with van der Waals surface area (Å²) >= 11 is 0. The van der Waals surface area contributed by atoms with E-state index in [1.54, 1.807) is 0 Å². The van der Waals surface area contributed by atoms with E-state index in [4.69, 9.17) is 9.47 Å². The van der Waals surface area contributed by atoms with Gasteiger partial charge in [-0.25, -0.2) is 0 Å². The first kappa shape index (κ1) is 17.4. The third kappa shape index (κ3) is 3.98. The topological polar surface area (TPSA) is 56.6 Å². The number of rotatable bonds is 5. The van der Waals surface area contributed by atoms with Gasteiger partial charge in [-0.2, -0.15) is 5.10 Å². The lowest BCUT2D eigenvalue weighted by atomic mass is 10.0. The maximum Gasteiger partial charge on any atom is 0.251 e. The molecule has 6 heteroatoms. The summed E-state index contributed by atoms with van der Waals surface area (Å²) in [6.45, 7) is 8.79. The van der Waals surface area contributed by atoms with E-state index in [1.165, 1.54) is 0 Å². The highest BCUT2D eigenvalue weighted by molar-refractivity contribution is 5.80. The molecule has 3 atom stereocenters. The molecular formula is C18H29N3O3. The van der Waals surface area contributed by atoms with Crippen LogP contribution < -0.4 is 0 Å². The number of nitrogens with zero attached hydrogens (tertiary/aromatic N) is 3. The number of likely N-dealkylation sites (tertiary alicyclic amines) is 1. The lowest BCUT2D eigenvalue weighted by Gasteiger charge is -2.35. The van der Waals surface area contributed by atoms with Crippen molar-refractivity contribution in [2.45, 2.75) is 64.7 Å². The average Bonchev–Trinajstić information content (AvgIpc) is 3.21. The summed E-state index contributed by atoms with van der Waals surface area (Å²) in [5, 5.41) is 4.59. The van der Waals surface area contributed by atoms with Crippen LogP contribution in [0.1, 0.15) is 50.0 Å². The molecule has 0 bridgehead atoms. The van der Waals surface area contributed by atoms with Gasteiger partial charge in [-0.3, -0.25) is 9.48 Å². The van der Waals surface area contributed by atoms with Crippen LogP contribution in [0.3, 0.4) is 0 Å². The first-order valence-corrected chi connectivity index (χ1v) is 9.09. The van der Waals surface area contributed by atoms with Crippen molar-refractivity contribution in [2.75, 3.05) is 26.3 Å². The molecule has 2 saturated heterocycles. The zero-order chi connectivity index (χ0) is 17.1. The van der Waals surface area contributed by atoms with E-state index in [-0.39, 0.29) is 18.1 Å². The number of carbonyl (C=O) groups excluding carboxylic acids is 1. The summed E-state index contributed by atoms with van der Waals surface area (Å²) < 4.78 is 13.4. The van der Waals surface area contributed by atoms with Crippen molar-refractivity contribution in [3.8, 4) is 0 Å². The molecule has 3 rings (SSSR count). The fourth-order valence-electron chi connectivity index (χ4n) is 3.73. The van der Waals surface area contributed by atoms with Crippen LogP contribution >= 0.6 is 0 Å². The number of amides is 1. The van der Waals surface area contributed by atoms with E-state index in [2.05, 4.69) is 22.8 Å². The fraction of sp³-hybridized carbons (Fsp3) is 0.778. The Hall–Kier alpha value is -1.40. The van der Waals surface area contributed by atoms with E-state index < -0.39 is 6.10 Å². The van der Waals surface area contributed by atoms with Crippen molar-refractivity contribution in [1.82, 2.24) is 14.7 Å². The Bertz CT molecular complexity index is 566. The monoisotopic (exact) mass is 335 g/mol. The quantitative estimate of drug-likeness (QED) is 0.828. The minimum absolute atomic E-state index is 0.0826. The van der Waals surface area contributed by atoms with Gasteiger partial charge in [0, 0.05) is 25.4 Å². The zero-order valence-corrected chi connectivity index (χ0v) is 15.0. The van der Waals surface area contributed by atoms with Gasteiger partial charge in [-0.1, -0.05) is 0 Å². The Balaban J connectivity index is 1.55. The lowest BCUT2D eigenvalue weighted by molar-refractivity contribution is -0.146. The number of aryl methyl sites for hydroxylation is 2.